The quantitative estimate of drug-likeness (QED) is 0.884. The summed E-state index contributed by atoms with van der Waals surface area (Å²) in [6, 6.07) is 14.2. The van der Waals surface area contributed by atoms with E-state index in [1.165, 1.54) is 0 Å². The second-order valence-corrected chi connectivity index (χ2v) is 4.98. The van der Waals surface area contributed by atoms with Gasteiger partial charge in [0, 0.05) is 18.2 Å². The summed E-state index contributed by atoms with van der Waals surface area (Å²) in [6.07, 6.45) is -0.453. The molecule has 3 rings (SSSR count). The van der Waals surface area contributed by atoms with Crippen LogP contribution in [0.2, 0.25) is 0 Å². The molecule has 0 radical (unpaired) electrons. The minimum atomic E-state index is -0.825. The number of carbonyl (C=O) groups is 2. The fraction of sp³-hybridized carbons (Fsp3) is 0.176. The molecule has 1 heterocycles. The van der Waals surface area contributed by atoms with Crippen LogP contribution in [-0.2, 0) is 16.0 Å². The molecule has 0 fully saturated rings. The average molecular weight is 297 g/mol. The number of cyclic esters (lactones) is 1. The summed E-state index contributed by atoms with van der Waals surface area (Å²) in [7, 11) is 1.56. The summed E-state index contributed by atoms with van der Waals surface area (Å²) in [6.45, 7) is 0. The highest BCUT2D eigenvalue weighted by molar-refractivity contribution is 6.00. The number of carbonyl (C=O) groups excluding carboxylic acids is 2. The molecule has 1 aliphatic rings. The largest absolute Gasteiger partial charge is 0.497 e. The van der Waals surface area contributed by atoms with Crippen LogP contribution in [0.1, 0.15) is 15.9 Å². The van der Waals surface area contributed by atoms with Crippen LogP contribution in [0, 0.1) is 0 Å². The summed E-state index contributed by atoms with van der Waals surface area (Å²) >= 11 is 0. The molecule has 2 aromatic carbocycles. The summed E-state index contributed by atoms with van der Waals surface area (Å²) in [4.78, 5) is 24.2. The van der Waals surface area contributed by atoms with Crippen LogP contribution in [-0.4, -0.2) is 25.1 Å². The van der Waals surface area contributed by atoms with Gasteiger partial charge in [-0.15, -0.1) is 0 Å². The standard InChI is InChI=1S/C17H15NO4/c1-21-13-7-4-6-12(10-13)18-16(19)15-9-11-5-2-3-8-14(11)17(20)22-15/h2-8,10,15H,9H2,1H3,(H,18,19). The first-order valence-electron chi connectivity index (χ1n) is 6.91. The number of esters is 1. The van der Waals surface area contributed by atoms with E-state index in [-0.39, 0.29) is 5.91 Å². The first kappa shape index (κ1) is 14.1. The van der Waals surface area contributed by atoms with E-state index in [1.54, 1.807) is 43.5 Å². The van der Waals surface area contributed by atoms with Crippen LogP contribution in [0.25, 0.3) is 0 Å². The Morgan fingerprint density at radius 3 is 2.86 bits per heavy atom. The van der Waals surface area contributed by atoms with Crippen molar-refractivity contribution in [2.24, 2.45) is 0 Å². The summed E-state index contributed by atoms with van der Waals surface area (Å²) in [5, 5.41) is 2.74. The Balaban J connectivity index is 1.75. The van der Waals surface area contributed by atoms with Gasteiger partial charge in [0.15, 0.2) is 6.10 Å². The minimum absolute atomic E-state index is 0.351. The zero-order valence-electron chi connectivity index (χ0n) is 12.0. The highest BCUT2D eigenvalue weighted by Crippen LogP contribution is 2.22. The number of nitrogens with one attached hydrogen (secondary N) is 1. The summed E-state index contributed by atoms with van der Waals surface area (Å²) in [5.41, 5.74) is 1.94. The number of anilines is 1. The molecule has 22 heavy (non-hydrogen) atoms. The monoisotopic (exact) mass is 297 g/mol. The zero-order valence-corrected chi connectivity index (χ0v) is 12.0. The van der Waals surface area contributed by atoms with Crippen LogP contribution in [0.3, 0.4) is 0 Å². The number of methoxy groups -OCH3 is 1. The van der Waals surface area contributed by atoms with Crippen molar-refractivity contribution < 1.29 is 19.1 Å². The molecule has 5 heteroatoms. The van der Waals surface area contributed by atoms with Gasteiger partial charge in [-0.05, 0) is 23.8 Å². The van der Waals surface area contributed by atoms with Crippen LogP contribution in [0.15, 0.2) is 48.5 Å². The van der Waals surface area contributed by atoms with Crippen molar-refractivity contribution in [1.82, 2.24) is 0 Å². The van der Waals surface area contributed by atoms with Gasteiger partial charge in [0.2, 0.25) is 0 Å². The van der Waals surface area contributed by atoms with Gasteiger partial charge < -0.3 is 14.8 Å². The topological polar surface area (TPSA) is 64.6 Å². The smallest absolute Gasteiger partial charge is 0.339 e. The SMILES string of the molecule is COc1cccc(NC(=O)C2Cc3ccccc3C(=O)O2)c1. The lowest BCUT2D eigenvalue weighted by Crippen LogP contribution is -2.37. The molecule has 0 saturated heterocycles. The molecule has 112 valence electrons. The Hall–Kier alpha value is -2.82. The number of rotatable bonds is 3. The number of hydrogen-bond acceptors (Lipinski definition) is 4. The van der Waals surface area contributed by atoms with E-state index in [2.05, 4.69) is 5.32 Å². The van der Waals surface area contributed by atoms with E-state index >= 15 is 0 Å². The number of amides is 1. The van der Waals surface area contributed by atoms with Gasteiger partial charge in [-0.1, -0.05) is 24.3 Å². The lowest BCUT2D eigenvalue weighted by atomic mass is 9.98. The molecule has 1 amide bonds. The lowest BCUT2D eigenvalue weighted by molar-refractivity contribution is -0.125. The van der Waals surface area contributed by atoms with Crippen molar-refractivity contribution in [2.75, 3.05) is 12.4 Å². The molecular weight excluding hydrogens is 282 g/mol. The maximum absolute atomic E-state index is 12.3. The summed E-state index contributed by atoms with van der Waals surface area (Å²) < 4.78 is 10.3. The Labute approximate surface area is 127 Å². The van der Waals surface area contributed by atoms with Gasteiger partial charge in [0.1, 0.15) is 5.75 Å². The highest BCUT2D eigenvalue weighted by atomic mass is 16.5. The molecule has 0 aromatic heterocycles. The first-order valence-corrected chi connectivity index (χ1v) is 6.91. The Bertz CT molecular complexity index is 726. The van der Waals surface area contributed by atoms with Gasteiger partial charge in [0.25, 0.3) is 5.91 Å². The lowest BCUT2D eigenvalue weighted by Gasteiger charge is -2.23. The van der Waals surface area contributed by atoms with Crippen LogP contribution in [0.5, 0.6) is 5.75 Å². The molecule has 1 N–H and O–H groups in total. The first-order chi connectivity index (χ1) is 10.7. The van der Waals surface area contributed by atoms with Crippen molar-refractivity contribution in [3.63, 3.8) is 0 Å². The third-order valence-corrected chi connectivity index (χ3v) is 3.52. The fourth-order valence-corrected chi connectivity index (χ4v) is 2.40. The molecule has 1 atom stereocenters. The average Bonchev–Trinajstić information content (AvgIpc) is 2.55. The van der Waals surface area contributed by atoms with Crippen molar-refractivity contribution >= 4 is 17.6 Å². The van der Waals surface area contributed by atoms with Crippen molar-refractivity contribution in [3.8, 4) is 5.75 Å². The second-order valence-electron chi connectivity index (χ2n) is 4.98. The van der Waals surface area contributed by atoms with Crippen LogP contribution >= 0.6 is 0 Å². The van der Waals surface area contributed by atoms with Crippen molar-refractivity contribution in [3.05, 3.63) is 59.7 Å². The van der Waals surface area contributed by atoms with Crippen molar-refractivity contribution in [2.45, 2.75) is 12.5 Å². The summed E-state index contributed by atoms with van der Waals surface area (Å²) in [5.74, 6) is -0.174. The van der Waals surface area contributed by atoms with E-state index < -0.39 is 12.1 Å². The highest BCUT2D eigenvalue weighted by Gasteiger charge is 2.31. The van der Waals surface area contributed by atoms with E-state index in [4.69, 9.17) is 9.47 Å². The van der Waals surface area contributed by atoms with E-state index in [9.17, 15) is 9.59 Å². The van der Waals surface area contributed by atoms with E-state index in [0.29, 0.717) is 23.4 Å². The third kappa shape index (κ3) is 2.79. The Morgan fingerprint density at radius 1 is 1.23 bits per heavy atom. The molecular formula is C17H15NO4. The molecule has 0 bridgehead atoms. The molecule has 1 aliphatic heterocycles. The predicted molar refractivity (Wildman–Crippen MR) is 81.0 cm³/mol. The molecule has 5 nitrogen and oxygen atoms in total. The predicted octanol–water partition coefficient (Wildman–Crippen LogP) is 2.42. The fourth-order valence-electron chi connectivity index (χ4n) is 2.40. The molecule has 0 spiro atoms. The Kier molecular flexibility index (Phi) is 3.78. The number of hydrogen-bond donors (Lipinski definition) is 1. The zero-order chi connectivity index (χ0) is 15.5. The van der Waals surface area contributed by atoms with Crippen LogP contribution < -0.4 is 10.1 Å². The number of ether oxygens (including phenoxy) is 2. The van der Waals surface area contributed by atoms with Gasteiger partial charge >= 0.3 is 5.97 Å². The molecule has 1 unspecified atom stereocenters. The van der Waals surface area contributed by atoms with Gasteiger partial charge in [-0.2, -0.15) is 0 Å². The maximum Gasteiger partial charge on any atom is 0.339 e. The Morgan fingerprint density at radius 2 is 2.05 bits per heavy atom. The third-order valence-electron chi connectivity index (χ3n) is 3.52. The molecule has 0 aliphatic carbocycles. The second kappa shape index (κ2) is 5.89. The number of benzene rings is 2. The minimum Gasteiger partial charge on any atom is -0.497 e. The number of fused-ring (bicyclic) bond motifs is 1. The maximum atomic E-state index is 12.3. The van der Waals surface area contributed by atoms with Crippen LogP contribution in [0.4, 0.5) is 5.69 Å². The van der Waals surface area contributed by atoms with Gasteiger partial charge in [-0.3, -0.25) is 4.79 Å². The molecule has 0 saturated carbocycles. The van der Waals surface area contributed by atoms with E-state index in [1.807, 2.05) is 12.1 Å². The van der Waals surface area contributed by atoms with E-state index in [0.717, 1.165) is 5.56 Å². The normalized spacial score (nSPS) is 16.4. The van der Waals surface area contributed by atoms with Gasteiger partial charge in [-0.25, -0.2) is 4.79 Å². The van der Waals surface area contributed by atoms with Gasteiger partial charge in [0.05, 0.1) is 12.7 Å². The van der Waals surface area contributed by atoms with Crippen molar-refractivity contribution in [1.29, 1.82) is 0 Å². The molecule has 2 aromatic rings.